The smallest absolute Gasteiger partial charge is 0.337 e. The van der Waals surface area contributed by atoms with Crippen LogP contribution in [0, 0.1) is 11.6 Å². The highest BCUT2D eigenvalue weighted by atomic mass is 19.2. The van der Waals surface area contributed by atoms with Crippen LogP contribution in [0.2, 0.25) is 0 Å². The quantitative estimate of drug-likeness (QED) is 0.790. The summed E-state index contributed by atoms with van der Waals surface area (Å²) in [6.07, 6.45) is 2.47. The topological polar surface area (TPSA) is 78.4 Å². The van der Waals surface area contributed by atoms with Gasteiger partial charge in [-0.25, -0.2) is 13.6 Å². The van der Waals surface area contributed by atoms with Crippen LogP contribution in [0.3, 0.4) is 0 Å². The highest BCUT2D eigenvalue weighted by Crippen LogP contribution is 2.21. The SMILES string of the molecule is O=C(O)c1cc(F)c(F)cc1NC(=O)C1CCCCN1. The van der Waals surface area contributed by atoms with Crippen LogP contribution in [0.4, 0.5) is 14.5 Å². The van der Waals surface area contributed by atoms with E-state index in [9.17, 15) is 18.4 Å². The standard InChI is InChI=1S/C13H14F2N2O3/c14-8-5-7(13(19)20)11(6-9(8)15)17-12(18)10-3-1-2-4-16-10/h5-6,10,16H,1-4H2,(H,17,18)(H,19,20). The molecule has 1 aliphatic heterocycles. The highest BCUT2D eigenvalue weighted by Gasteiger charge is 2.23. The first-order chi connectivity index (χ1) is 9.49. The Labute approximate surface area is 114 Å². The van der Waals surface area contributed by atoms with Crippen molar-refractivity contribution in [2.45, 2.75) is 25.3 Å². The molecule has 0 radical (unpaired) electrons. The van der Waals surface area contributed by atoms with Gasteiger partial charge in [0.2, 0.25) is 5.91 Å². The van der Waals surface area contributed by atoms with Gasteiger partial charge in [0.1, 0.15) is 0 Å². The molecule has 1 saturated heterocycles. The molecule has 3 N–H and O–H groups in total. The van der Waals surface area contributed by atoms with Crippen molar-refractivity contribution in [1.82, 2.24) is 5.32 Å². The van der Waals surface area contributed by atoms with Crippen molar-refractivity contribution in [3.05, 3.63) is 29.3 Å². The van der Waals surface area contributed by atoms with Crippen LogP contribution in [-0.4, -0.2) is 29.6 Å². The number of benzene rings is 1. The molecule has 7 heteroatoms. The number of hydrogen-bond donors (Lipinski definition) is 3. The van der Waals surface area contributed by atoms with Gasteiger partial charge in [-0.2, -0.15) is 0 Å². The second-order valence-electron chi connectivity index (χ2n) is 4.61. The minimum absolute atomic E-state index is 0.242. The van der Waals surface area contributed by atoms with Gasteiger partial charge >= 0.3 is 5.97 Å². The van der Waals surface area contributed by atoms with E-state index in [0.717, 1.165) is 12.8 Å². The van der Waals surface area contributed by atoms with Gasteiger partial charge in [-0.3, -0.25) is 4.79 Å². The van der Waals surface area contributed by atoms with E-state index in [0.29, 0.717) is 25.1 Å². The minimum atomic E-state index is -1.43. The highest BCUT2D eigenvalue weighted by molar-refractivity contribution is 6.02. The Kier molecular flexibility index (Phi) is 4.29. The van der Waals surface area contributed by atoms with Gasteiger partial charge < -0.3 is 15.7 Å². The van der Waals surface area contributed by atoms with Crippen LogP contribution in [-0.2, 0) is 4.79 Å². The second kappa shape index (κ2) is 5.96. The molecule has 108 valence electrons. The molecule has 1 atom stereocenters. The number of hydrogen-bond acceptors (Lipinski definition) is 3. The molecule has 0 spiro atoms. The number of amides is 1. The van der Waals surface area contributed by atoms with E-state index in [1.165, 1.54) is 0 Å². The molecule has 1 aromatic rings. The Hall–Kier alpha value is -2.02. The third-order valence-electron chi connectivity index (χ3n) is 3.18. The zero-order chi connectivity index (χ0) is 14.7. The summed E-state index contributed by atoms with van der Waals surface area (Å²) in [5.74, 6) is -4.35. The van der Waals surface area contributed by atoms with E-state index in [4.69, 9.17) is 5.11 Å². The average molecular weight is 284 g/mol. The molecule has 1 unspecified atom stereocenters. The van der Waals surface area contributed by atoms with Crippen LogP contribution >= 0.6 is 0 Å². The number of halogens is 2. The van der Waals surface area contributed by atoms with Crippen LogP contribution in [0.1, 0.15) is 29.6 Å². The summed E-state index contributed by atoms with van der Waals surface area (Å²) in [5, 5.41) is 14.3. The summed E-state index contributed by atoms with van der Waals surface area (Å²) in [5.41, 5.74) is -0.721. The van der Waals surface area contributed by atoms with Crippen LogP contribution in [0.5, 0.6) is 0 Å². The van der Waals surface area contributed by atoms with Gasteiger partial charge in [-0.15, -0.1) is 0 Å². The van der Waals surface area contributed by atoms with Crippen LogP contribution in [0.15, 0.2) is 12.1 Å². The fourth-order valence-electron chi connectivity index (χ4n) is 2.12. The molecule has 0 aromatic heterocycles. The monoisotopic (exact) mass is 284 g/mol. The predicted molar refractivity (Wildman–Crippen MR) is 67.6 cm³/mol. The largest absolute Gasteiger partial charge is 0.478 e. The van der Waals surface area contributed by atoms with E-state index >= 15 is 0 Å². The molecule has 1 heterocycles. The first-order valence-corrected chi connectivity index (χ1v) is 6.25. The molecule has 20 heavy (non-hydrogen) atoms. The number of carboxylic acids is 1. The summed E-state index contributed by atoms with van der Waals surface area (Å²) in [4.78, 5) is 22.9. The third-order valence-corrected chi connectivity index (χ3v) is 3.18. The van der Waals surface area contributed by atoms with Gasteiger partial charge in [-0.05, 0) is 25.5 Å². The molecule has 0 aliphatic carbocycles. The van der Waals surface area contributed by atoms with E-state index < -0.39 is 35.1 Å². The Morgan fingerprint density at radius 3 is 2.55 bits per heavy atom. The van der Waals surface area contributed by atoms with Gasteiger partial charge in [0, 0.05) is 6.07 Å². The van der Waals surface area contributed by atoms with E-state index in [-0.39, 0.29) is 5.69 Å². The van der Waals surface area contributed by atoms with E-state index in [2.05, 4.69) is 10.6 Å². The van der Waals surface area contributed by atoms with Crippen molar-refractivity contribution in [1.29, 1.82) is 0 Å². The summed E-state index contributed by atoms with van der Waals surface area (Å²) in [7, 11) is 0. The van der Waals surface area contributed by atoms with Gasteiger partial charge in [0.05, 0.1) is 17.3 Å². The van der Waals surface area contributed by atoms with Crippen molar-refractivity contribution in [3.63, 3.8) is 0 Å². The molecule has 1 aliphatic rings. The summed E-state index contributed by atoms with van der Waals surface area (Å²) < 4.78 is 26.2. The Balaban J connectivity index is 2.21. The molecule has 0 saturated carbocycles. The number of nitrogens with one attached hydrogen (secondary N) is 2. The van der Waals surface area contributed by atoms with Crippen molar-refractivity contribution in [3.8, 4) is 0 Å². The molecule has 1 aromatic carbocycles. The number of aromatic carboxylic acids is 1. The lowest BCUT2D eigenvalue weighted by molar-refractivity contribution is -0.118. The van der Waals surface area contributed by atoms with E-state index in [1.54, 1.807) is 0 Å². The Morgan fingerprint density at radius 2 is 1.95 bits per heavy atom. The maximum Gasteiger partial charge on any atom is 0.337 e. The normalized spacial score (nSPS) is 18.6. The lowest BCUT2D eigenvalue weighted by Crippen LogP contribution is -2.43. The number of carbonyl (C=O) groups excluding carboxylic acids is 1. The fourth-order valence-corrected chi connectivity index (χ4v) is 2.12. The number of anilines is 1. The Morgan fingerprint density at radius 1 is 1.25 bits per heavy atom. The van der Waals surface area contributed by atoms with E-state index in [1.807, 2.05) is 0 Å². The molecule has 1 amide bonds. The maximum absolute atomic E-state index is 13.2. The number of piperidine rings is 1. The zero-order valence-electron chi connectivity index (χ0n) is 10.6. The summed E-state index contributed by atoms with van der Waals surface area (Å²) in [6.45, 7) is 0.696. The maximum atomic E-state index is 13.2. The molecule has 5 nitrogen and oxygen atoms in total. The predicted octanol–water partition coefficient (Wildman–Crippen LogP) is 1.74. The van der Waals surface area contributed by atoms with Gasteiger partial charge in [0.25, 0.3) is 0 Å². The van der Waals surface area contributed by atoms with Crippen molar-refractivity contribution >= 4 is 17.6 Å². The third kappa shape index (κ3) is 3.11. The minimum Gasteiger partial charge on any atom is -0.478 e. The molecular formula is C13H14F2N2O3. The number of rotatable bonds is 3. The number of carboxylic acid groups (broad SMARTS) is 1. The van der Waals surface area contributed by atoms with Gasteiger partial charge in [0.15, 0.2) is 11.6 Å². The molecule has 2 rings (SSSR count). The van der Waals surface area contributed by atoms with Crippen molar-refractivity contribution in [2.24, 2.45) is 0 Å². The van der Waals surface area contributed by atoms with Crippen LogP contribution < -0.4 is 10.6 Å². The Bertz CT molecular complexity index is 543. The lowest BCUT2D eigenvalue weighted by Gasteiger charge is -2.22. The van der Waals surface area contributed by atoms with Crippen molar-refractivity contribution in [2.75, 3.05) is 11.9 Å². The second-order valence-corrected chi connectivity index (χ2v) is 4.61. The van der Waals surface area contributed by atoms with Crippen molar-refractivity contribution < 1.29 is 23.5 Å². The molecule has 1 fully saturated rings. The first kappa shape index (κ1) is 14.4. The summed E-state index contributed by atoms with van der Waals surface area (Å²) in [6, 6.07) is 0.791. The first-order valence-electron chi connectivity index (χ1n) is 6.25. The number of carbonyl (C=O) groups is 2. The summed E-state index contributed by atoms with van der Waals surface area (Å²) >= 11 is 0. The van der Waals surface area contributed by atoms with Crippen LogP contribution in [0.25, 0.3) is 0 Å². The lowest BCUT2D eigenvalue weighted by atomic mass is 10.0. The fraction of sp³-hybridized carbons (Fsp3) is 0.385. The average Bonchev–Trinajstić information content (AvgIpc) is 2.43. The molecular weight excluding hydrogens is 270 g/mol. The van der Waals surface area contributed by atoms with Gasteiger partial charge in [-0.1, -0.05) is 6.42 Å². The zero-order valence-corrected chi connectivity index (χ0v) is 10.6. The molecule has 0 bridgehead atoms.